The zero-order valence-corrected chi connectivity index (χ0v) is 11.2. The van der Waals surface area contributed by atoms with Crippen molar-refractivity contribution in [2.24, 2.45) is 0 Å². The van der Waals surface area contributed by atoms with E-state index in [1.165, 1.54) is 0 Å². The van der Waals surface area contributed by atoms with Crippen LogP contribution in [0.4, 0.5) is 0 Å². The standard InChI is InChI=1S/C16H12ClNO/c1-19-15-9-5-3-7-12(15)13-10-11-6-2-4-8-14(11)18-16(13)17/h2-10H,1H3. The number of methoxy groups -OCH3 is 1. The number of aromatic nitrogens is 1. The third kappa shape index (κ3) is 2.15. The number of para-hydroxylation sites is 2. The highest BCUT2D eigenvalue weighted by Crippen LogP contribution is 2.35. The van der Waals surface area contributed by atoms with Crippen molar-refractivity contribution in [1.82, 2.24) is 4.98 Å². The van der Waals surface area contributed by atoms with Gasteiger partial charge in [0.25, 0.3) is 0 Å². The van der Waals surface area contributed by atoms with Crippen LogP contribution in [0.3, 0.4) is 0 Å². The van der Waals surface area contributed by atoms with E-state index in [4.69, 9.17) is 16.3 Å². The molecule has 0 fully saturated rings. The molecule has 2 nitrogen and oxygen atoms in total. The summed E-state index contributed by atoms with van der Waals surface area (Å²) in [6.07, 6.45) is 0. The Morgan fingerprint density at radius 2 is 1.68 bits per heavy atom. The van der Waals surface area contributed by atoms with Crippen molar-refractivity contribution in [3.8, 4) is 16.9 Å². The topological polar surface area (TPSA) is 22.1 Å². The molecule has 0 unspecified atom stereocenters. The minimum atomic E-state index is 0.489. The third-order valence-corrected chi connectivity index (χ3v) is 3.36. The van der Waals surface area contributed by atoms with E-state index < -0.39 is 0 Å². The summed E-state index contributed by atoms with van der Waals surface area (Å²) in [5.41, 5.74) is 2.73. The Kier molecular flexibility index (Phi) is 3.10. The minimum Gasteiger partial charge on any atom is -0.496 e. The van der Waals surface area contributed by atoms with Crippen LogP contribution in [0.15, 0.2) is 54.6 Å². The van der Waals surface area contributed by atoms with Crippen molar-refractivity contribution >= 4 is 22.5 Å². The van der Waals surface area contributed by atoms with Crippen LogP contribution in [-0.2, 0) is 0 Å². The normalized spacial score (nSPS) is 10.6. The fourth-order valence-corrected chi connectivity index (χ4v) is 2.40. The van der Waals surface area contributed by atoms with Crippen molar-refractivity contribution in [2.75, 3.05) is 7.11 Å². The largest absolute Gasteiger partial charge is 0.496 e. The average Bonchev–Trinajstić information content (AvgIpc) is 2.46. The summed E-state index contributed by atoms with van der Waals surface area (Å²) in [6, 6.07) is 17.8. The Balaban J connectivity index is 2.27. The fraction of sp³-hybridized carbons (Fsp3) is 0.0625. The molecule has 0 atom stereocenters. The van der Waals surface area contributed by atoms with Gasteiger partial charge in [-0.1, -0.05) is 48.0 Å². The molecule has 0 radical (unpaired) electrons. The highest BCUT2D eigenvalue weighted by atomic mass is 35.5. The highest BCUT2D eigenvalue weighted by Gasteiger charge is 2.11. The van der Waals surface area contributed by atoms with E-state index in [0.717, 1.165) is 27.8 Å². The maximum Gasteiger partial charge on any atom is 0.137 e. The Morgan fingerprint density at radius 1 is 0.947 bits per heavy atom. The maximum atomic E-state index is 6.30. The van der Waals surface area contributed by atoms with E-state index in [0.29, 0.717) is 5.15 Å². The van der Waals surface area contributed by atoms with Crippen molar-refractivity contribution in [2.45, 2.75) is 0 Å². The minimum absolute atomic E-state index is 0.489. The number of halogens is 1. The number of ether oxygens (including phenoxy) is 1. The van der Waals surface area contributed by atoms with E-state index >= 15 is 0 Å². The second-order valence-electron chi connectivity index (χ2n) is 4.22. The predicted molar refractivity (Wildman–Crippen MR) is 78.7 cm³/mol. The number of rotatable bonds is 2. The first kappa shape index (κ1) is 12.0. The molecule has 0 amide bonds. The molecule has 0 saturated carbocycles. The first-order valence-corrected chi connectivity index (χ1v) is 6.36. The van der Waals surface area contributed by atoms with Gasteiger partial charge in [-0.15, -0.1) is 0 Å². The number of pyridine rings is 1. The Hall–Kier alpha value is -2.06. The number of nitrogens with zero attached hydrogens (tertiary/aromatic N) is 1. The van der Waals surface area contributed by atoms with E-state index in [2.05, 4.69) is 4.98 Å². The molecular formula is C16H12ClNO. The zero-order chi connectivity index (χ0) is 13.2. The number of fused-ring (bicyclic) bond motifs is 1. The van der Waals surface area contributed by atoms with Gasteiger partial charge in [-0.05, 0) is 18.2 Å². The molecule has 1 aromatic heterocycles. The van der Waals surface area contributed by atoms with Crippen molar-refractivity contribution in [1.29, 1.82) is 0 Å². The van der Waals surface area contributed by atoms with Gasteiger partial charge in [0.05, 0.1) is 12.6 Å². The van der Waals surface area contributed by atoms with E-state index in [-0.39, 0.29) is 0 Å². The summed E-state index contributed by atoms with van der Waals surface area (Å²) in [5, 5.41) is 1.55. The van der Waals surface area contributed by atoms with Gasteiger partial charge in [0.1, 0.15) is 10.9 Å². The maximum absolute atomic E-state index is 6.30. The van der Waals surface area contributed by atoms with Crippen LogP contribution in [0.25, 0.3) is 22.0 Å². The fourth-order valence-electron chi connectivity index (χ4n) is 2.15. The van der Waals surface area contributed by atoms with E-state index in [1.807, 2.05) is 54.6 Å². The van der Waals surface area contributed by atoms with Crippen LogP contribution in [-0.4, -0.2) is 12.1 Å². The van der Waals surface area contributed by atoms with E-state index in [1.54, 1.807) is 7.11 Å². The summed E-state index contributed by atoms with van der Waals surface area (Å²) in [7, 11) is 1.65. The Bertz CT molecular complexity index is 740. The molecule has 0 N–H and O–H groups in total. The lowest BCUT2D eigenvalue weighted by Crippen LogP contribution is -1.90. The van der Waals surface area contributed by atoms with Crippen LogP contribution in [0.5, 0.6) is 5.75 Å². The predicted octanol–water partition coefficient (Wildman–Crippen LogP) is 4.56. The number of benzene rings is 2. The second kappa shape index (κ2) is 4.90. The van der Waals surface area contributed by atoms with E-state index in [9.17, 15) is 0 Å². The zero-order valence-electron chi connectivity index (χ0n) is 10.4. The first-order valence-electron chi connectivity index (χ1n) is 5.98. The molecule has 0 spiro atoms. The van der Waals surface area contributed by atoms with Crippen molar-refractivity contribution in [3.05, 3.63) is 59.8 Å². The van der Waals surface area contributed by atoms with Gasteiger partial charge in [-0.3, -0.25) is 0 Å². The molecule has 3 aromatic rings. The molecule has 0 aliphatic rings. The lowest BCUT2D eigenvalue weighted by atomic mass is 10.0. The summed E-state index contributed by atoms with van der Waals surface area (Å²) in [4.78, 5) is 4.44. The van der Waals surface area contributed by atoms with Crippen LogP contribution < -0.4 is 4.74 Å². The van der Waals surface area contributed by atoms with Crippen LogP contribution >= 0.6 is 11.6 Å². The SMILES string of the molecule is COc1ccccc1-c1cc2ccccc2nc1Cl. The lowest BCUT2D eigenvalue weighted by molar-refractivity contribution is 0.416. The molecule has 0 bridgehead atoms. The molecule has 3 heteroatoms. The first-order chi connectivity index (χ1) is 9.29. The summed E-state index contributed by atoms with van der Waals surface area (Å²) < 4.78 is 5.38. The highest BCUT2D eigenvalue weighted by molar-refractivity contribution is 6.32. The average molecular weight is 270 g/mol. The second-order valence-corrected chi connectivity index (χ2v) is 4.58. The van der Waals surface area contributed by atoms with Crippen LogP contribution in [0.1, 0.15) is 0 Å². The van der Waals surface area contributed by atoms with Crippen molar-refractivity contribution in [3.63, 3.8) is 0 Å². The summed E-state index contributed by atoms with van der Waals surface area (Å²) in [6.45, 7) is 0. The van der Waals surface area contributed by atoms with Gasteiger partial charge in [0.2, 0.25) is 0 Å². The van der Waals surface area contributed by atoms with Crippen LogP contribution in [0.2, 0.25) is 5.15 Å². The molecule has 2 aromatic carbocycles. The monoisotopic (exact) mass is 269 g/mol. The van der Waals surface area contributed by atoms with Gasteiger partial charge < -0.3 is 4.74 Å². The third-order valence-electron chi connectivity index (χ3n) is 3.07. The molecule has 1 heterocycles. The molecular weight excluding hydrogens is 258 g/mol. The summed E-state index contributed by atoms with van der Waals surface area (Å²) in [5.74, 6) is 0.793. The molecule has 94 valence electrons. The van der Waals surface area contributed by atoms with Crippen LogP contribution in [0, 0.1) is 0 Å². The molecule has 0 aliphatic heterocycles. The van der Waals surface area contributed by atoms with Gasteiger partial charge in [0.15, 0.2) is 0 Å². The molecule has 0 saturated heterocycles. The Labute approximate surface area is 116 Å². The summed E-state index contributed by atoms with van der Waals surface area (Å²) >= 11 is 6.30. The van der Waals surface area contributed by atoms with Gasteiger partial charge in [0, 0.05) is 16.5 Å². The quantitative estimate of drug-likeness (QED) is 0.636. The number of hydrogen-bond donors (Lipinski definition) is 0. The molecule has 19 heavy (non-hydrogen) atoms. The van der Waals surface area contributed by atoms with Gasteiger partial charge in [-0.2, -0.15) is 0 Å². The molecule has 3 rings (SSSR count). The van der Waals surface area contributed by atoms with Gasteiger partial charge >= 0.3 is 0 Å². The van der Waals surface area contributed by atoms with Crippen molar-refractivity contribution < 1.29 is 4.74 Å². The smallest absolute Gasteiger partial charge is 0.137 e. The van der Waals surface area contributed by atoms with Gasteiger partial charge in [-0.25, -0.2) is 4.98 Å². The Morgan fingerprint density at radius 3 is 2.53 bits per heavy atom. The number of hydrogen-bond acceptors (Lipinski definition) is 2. The lowest BCUT2D eigenvalue weighted by Gasteiger charge is -2.10. The molecule has 0 aliphatic carbocycles.